The average molecular weight is 321 g/mol. The quantitative estimate of drug-likeness (QED) is 0.870. The average Bonchev–Trinajstić information content (AvgIpc) is 2.75. The molecule has 1 N–H and O–H groups in total. The van der Waals surface area contributed by atoms with Gasteiger partial charge in [0.2, 0.25) is 17.7 Å². The fourth-order valence-corrected chi connectivity index (χ4v) is 3.39. The number of anilines is 1. The largest absolute Gasteiger partial charge is 0.325 e. The third kappa shape index (κ3) is 2.86. The molecule has 1 heterocycles. The smallest absolute Gasteiger partial charge is 0.244 e. The maximum absolute atomic E-state index is 12.3. The highest BCUT2D eigenvalue weighted by molar-refractivity contribution is 6.30. The summed E-state index contributed by atoms with van der Waals surface area (Å²) in [4.78, 5) is 37.8. The highest BCUT2D eigenvalue weighted by Crippen LogP contribution is 2.37. The Morgan fingerprint density at radius 3 is 2.18 bits per heavy atom. The van der Waals surface area contributed by atoms with E-state index in [9.17, 15) is 14.4 Å². The minimum Gasteiger partial charge on any atom is -0.325 e. The second kappa shape index (κ2) is 6.08. The maximum atomic E-state index is 12.3. The van der Waals surface area contributed by atoms with Gasteiger partial charge in [0.1, 0.15) is 6.54 Å². The molecule has 2 atom stereocenters. The van der Waals surface area contributed by atoms with Gasteiger partial charge in [-0.1, -0.05) is 24.4 Å². The molecule has 1 aliphatic carbocycles. The minimum atomic E-state index is -0.373. The first kappa shape index (κ1) is 15.0. The SMILES string of the molecule is O=C(CN1C(=O)[C@H]2CCCC[C@H]2C1=O)Nc1ccc(Cl)cc1. The first-order valence-electron chi connectivity index (χ1n) is 7.47. The summed E-state index contributed by atoms with van der Waals surface area (Å²) in [5.41, 5.74) is 0.589. The van der Waals surface area contributed by atoms with Crippen LogP contribution < -0.4 is 5.32 Å². The Kier molecular flexibility index (Phi) is 4.16. The second-order valence-corrected chi connectivity index (χ2v) is 6.25. The zero-order valence-electron chi connectivity index (χ0n) is 12.0. The van der Waals surface area contributed by atoms with Gasteiger partial charge in [0.05, 0.1) is 11.8 Å². The molecule has 1 aromatic carbocycles. The lowest BCUT2D eigenvalue weighted by molar-refractivity contribution is -0.142. The molecule has 0 spiro atoms. The standard InChI is InChI=1S/C16H17ClN2O3/c17-10-5-7-11(8-6-10)18-14(20)9-19-15(21)12-3-1-2-4-13(12)16(19)22/h5-8,12-13H,1-4,9H2,(H,18,20)/t12-,13+. The molecule has 0 aromatic heterocycles. The van der Waals surface area contributed by atoms with E-state index in [2.05, 4.69) is 5.32 Å². The molecule has 6 heteroatoms. The van der Waals surface area contributed by atoms with Crippen LogP contribution in [0.4, 0.5) is 5.69 Å². The third-order valence-electron chi connectivity index (χ3n) is 4.36. The number of nitrogens with zero attached hydrogens (tertiary/aromatic N) is 1. The summed E-state index contributed by atoms with van der Waals surface area (Å²) in [6.07, 6.45) is 3.46. The molecular formula is C16H17ClN2O3. The van der Waals surface area contributed by atoms with Crippen molar-refractivity contribution in [3.8, 4) is 0 Å². The van der Waals surface area contributed by atoms with Crippen molar-refractivity contribution in [2.45, 2.75) is 25.7 Å². The summed E-state index contributed by atoms with van der Waals surface area (Å²) < 4.78 is 0. The van der Waals surface area contributed by atoms with Crippen LogP contribution in [-0.2, 0) is 14.4 Å². The Morgan fingerprint density at radius 1 is 1.09 bits per heavy atom. The monoisotopic (exact) mass is 320 g/mol. The van der Waals surface area contributed by atoms with Gasteiger partial charge < -0.3 is 5.32 Å². The first-order valence-corrected chi connectivity index (χ1v) is 7.84. The van der Waals surface area contributed by atoms with Gasteiger partial charge in [-0.15, -0.1) is 0 Å². The van der Waals surface area contributed by atoms with E-state index in [-0.39, 0.29) is 36.1 Å². The molecule has 22 heavy (non-hydrogen) atoms. The number of nitrogens with one attached hydrogen (secondary N) is 1. The van der Waals surface area contributed by atoms with Crippen molar-refractivity contribution in [3.05, 3.63) is 29.3 Å². The number of benzene rings is 1. The molecule has 1 saturated heterocycles. The summed E-state index contributed by atoms with van der Waals surface area (Å²) in [7, 11) is 0. The van der Waals surface area contributed by atoms with Gasteiger partial charge in [-0.05, 0) is 37.1 Å². The summed E-state index contributed by atoms with van der Waals surface area (Å²) >= 11 is 5.78. The van der Waals surface area contributed by atoms with Crippen molar-refractivity contribution >= 4 is 35.0 Å². The van der Waals surface area contributed by atoms with E-state index in [4.69, 9.17) is 11.6 Å². The van der Waals surface area contributed by atoms with Crippen LogP contribution in [0.5, 0.6) is 0 Å². The third-order valence-corrected chi connectivity index (χ3v) is 4.61. The van der Waals surface area contributed by atoms with Crippen molar-refractivity contribution in [3.63, 3.8) is 0 Å². The topological polar surface area (TPSA) is 66.5 Å². The molecular weight excluding hydrogens is 304 g/mol. The van der Waals surface area contributed by atoms with E-state index in [1.165, 1.54) is 0 Å². The molecule has 0 bridgehead atoms. The molecule has 1 aliphatic heterocycles. The number of hydrogen-bond acceptors (Lipinski definition) is 3. The molecule has 3 rings (SSSR count). The predicted molar refractivity (Wildman–Crippen MR) is 82.2 cm³/mol. The molecule has 0 radical (unpaired) electrons. The predicted octanol–water partition coefficient (Wildman–Crippen LogP) is 2.45. The number of likely N-dealkylation sites (tertiary alicyclic amines) is 1. The number of fused-ring (bicyclic) bond motifs is 1. The lowest BCUT2D eigenvalue weighted by Crippen LogP contribution is -2.38. The number of imide groups is 1. The van der Waals surface area contributed by atoms with Gasteiger partial charge in [0.15, 0.2) is 0 Å². The summed E-state index contributed by atoms with van der Waals surface area (Å²) in [5, 5.41) is 3.25. The van der Waals surface area contributed by atoms with Crippen LogP contribution in [0, 0.1) is 11.8 Å². The zero-order valence-corrected chi connectivity index (χ0v) is 12.8. The second-order valence-electron chi connectivity index (χ2n) is 5.82. The number of hydrogen-bond donors (Lipinski definition) is 1. The molecule has 2 fully saturated rings. The first-order chi connectivity index (χ1) is 10.6. The molecule has 1 aromatic rings. The van der Waals surface area contributed by atoms with Crippen molar-refractivity contribution in [1.29, 1.82) is 0 Å². The zero-order chi connectivity index (χ0) is 15.7. The van der Waals surface area contributed by atoms with Gasteiger partial charge >= 0.3 is 0 Å². The fourth-order valence-electron chi connectivity index (χ4n) is 3.26. The Bertz CT molecular complexity index is 590. The molecule has 1 saturated carbocycles. The minimum absolute atomic E-state index is 0.194. The summed E-state index contributed by atoms with van der Waals surface area (Å²) in [6.45, 7) is -0.215. The molecule has 0 unspecified atom stereocenters. The maximum Gasteiger partial charge on any atom is 0.244 e. The van der Waals surface area contributed by atoms with Crippen LogP contribution in [0.2, 0.25) is 5.02 Å². The van der Waals surface area contributed by atoms with Gasteiger partial charge in [-0.2, -0.15) is 0 Å². The van der Waals surface area contributed by atoms with Crippen LogP contribution in [0.1, 0.15) is 25.7 Å². The lowest BCUT2D eigenvalue weighted by Gasteiger charge is -2.19. The Morgan fingerprint density at radius 2 is 1.64 bits per heavy atom. The van der Waals surface area contributed by atoms with Gasteiger partial charge in [0, 0.05) is 10.7 Å². The van der Waals surface area contributed by atoms with E-state index in [0.717, 1.165) is 30.6 Å². The van der Waals surface area contributed by atoms with Crippen LogP contribution in [0.25, 0.3) is 0 Å². The molecule has 2 aliphatic rings. The Labute approximate surface area is 133 Å². The Balaban J connectivity index is 1.64. The lowest BCUT2D eigenvalue weighted by atomic mass is 9.81. The number of amides is 3. The van der Waals surface area contributed by atoms with Gasteiger partial charge in [-0.25, -0.2) is 0 Å². The van der Waals surface area contributed by atoms with E-state index in [1.807, 2.05) is 0 Å². The number of halogens is 1. The van der Waals surface area contributed by atoms with Crippen molar-refractivity contribution in [1.82, 2.24) is 4.90 Å². The molecule has 5 nitrogen and oxygen atoms in total. The highest BCUT2D eigenvalue weighted by atomic mass is 35.5. The van der Waals surface area contributed by atoms with Crippen LogP contribution in [0.3, 0.4) is 0 Å². The van der Waals surface area contributed by atoms with Crippen LogP contribution in [0.15, 0.2) is 24.3 Å². The van der Waals surface area contributed by atoms with Crippen molar-refractivity contribution < 1.29 is 14.4 Å². The normalized spacial score (nSPS) is 24.3. The Hall–Kier alpha value is -1.88. The number of rotatable bonds is 3. The van der Waals surface area contributed by atoms with E-state index in [0.29, 0.717) is 10.7 Å². The van der Waals surface area contributed by atoms with Crippen molar-refractivity contribution in [2.24, 2.45) is 11.8 Å². The fraction of sp³-hybridized carbons (Fsp3) is 0.438. The number of carbonyl (C=O) groups excluding carboxylic acids is 3. The van der Waals surface area contributed by atoms with E-state index >= 15 is 0 Å². The van der Waals surface area contributed by atoms with Gasteiger partial charge in [-0.3, -0.25) is 19.3 Å². The molecule has 116 valence electrons. The summed E-state index contributed by atoms with van der Waals surface area (Å²) in [5.74, 6) is -1.20. The van der Waals surface area contributed by atoms with Crippen LogP contribution in [-0.4, -0.2) is 29.2 Å². The van der Waals surface area contributed by atoms with E-state index in [1.54, 1.807) is 24.3 Å². The van der Waals surface area contributed by atoms with Crippen molar-refractivity contribution in [2.75, 3.05) is 11.9 Å². The van der Waals surface area contributed by atoms with E-state index < -0.39 is 0 Å². The molecule has 3 amide bonds. The summed E-state index contributed by atoms with van der Waals surface area (Å²) in [6, 6.07) is 6.68. The number of carbonyl (C=O) groups is 3. The van der Waals surface area contributed by atoms with Crippen LogP contribution >= 0.6 is 11.6 Å². The highest BCUT2D eigenvalue weighted by Gasteiger charge is 2.48. The van der Waals surface area contributed by atoms with Gasteiger partial charge in [0.25, 0.3) is 0 Å².